The van der Waals surface area contributed by atoms with E-state index in [0.29, 0.717) is 19.6 Å². The lowest BCUT2D eigenvalue weighted by atomic mass is 10.3. The summed E-state index contributed by atoms with van der Waals surface area (Å²) in [4.78, 5) is 11.1. The number of carbonyl (C=O) groups excluding carboxylic acids is 1. The van der Waals surface area contributed by atoms with E-state index in [9.17, 15) is 9.36 Å². The highest BCUT2D eigenvalue weighted by Gasteiger charge is 2.23. The van der Waals surface area contributed by atoms with E-state index in [0.717, 1.165) is 0 Å². The second kappa shape index (κ2) is 9.23. The van der Waals surface area contributed by atoms with Crippen LogP contribution in [0.25, 0.3) is 0 Å². The summed E-state index contributed by atoms with van der Waals surface area (Å²) < 4.78 is 26.9. The van der Waals surface area contributed by atoms with Gasteiger partial charge < -0.3 is 13.8 Å². The Labute approximate surface area is 102 Å². The van der Waals surface area contributed by atoms with Gasteiger partial charge in [-0.3, -0.25) is 9.36 Å². The fourth-order valence-electron chi connectivity index (χ4n) is 1.08. The highest BCUT2D eigenvalue weighted by atomic mass is 31.2. The van der Waals surface area contributed by atoms with Crippen molar-refractivity contribution in [1.82, 2.24) is 0 Å². The summed E-state index contributed by atoms with van der Waals surface area (Å²) in [6, 6.07) is 0. The second-order valence-electron chi connectivity index (χ2n) is 3.09. The van der Waals surface area contributed by atoms with Crippen LogP contribution in [-0.2, 0) is 23.1 Å². The Hall–Kier alpha value is -0.820. The third kappa shape index (κ3) is 7.98. The molecule has 0 heterocycles. The highest BCUT2D eigenvalue weighted by Crippen LogP contribution is 2.47. The van der Waals surface area contributed by atoms with Crippen molar-refractivity contribution in [2.75, 3.05) is 26.0 Å². The van der Waals surface area contributed by atoms with Gasteiger partial charge in [0, 0.05) is 6.42 Å². The largest absolute Gasteiger partial charge is 0.465 e. The van der Waals surface area contributed by atoms with Gasteiger partial charge in [0.25, 0.3) is 0 Å². The summed E-state index contributed by atoms with van der Waals surface area (Å²) >= 11 is 0. The van der Waals surface area contributed by atoms with E-state index in [4.69, 9.17) is 20.2 Å². The summed E-state index contributed by atoms with van der Waals surface area (Å²) in [7, 11) is -3.12. The molecule has 6 heteroatoms. The molecule has 0 aliphatic carbocycles. The van der Waals surface area contributed by atoms with Crippen molar-refractivity contribution < 1.29 is 23.1 Å². The number of carbonyl (C=O) groups is 1. The van der Waals surface area contributed by atoms with Gasteiger partial charge in [-0.25, -0.2) is 0 Å². The first kappa shape index (κ1) is 16.2. The first-order chi connectivity index (χ1) is 8.08. The Morgan fingerprint density at radius 1 is 1.29 bits per heavy atom. The average Bonchev–Trinajstić information content (AvgIpc) is 2.27. The van der Waals surface area contributed by atoms with Crippen LogP contribution in [0.4, 0.5) is 0 Å². The molecule has 5 nitrogen and oxygen atoms in total. The summed E-state index contributed by atoms with van der Waals surface area (Å²) in [6.07, 6.45) is 5.59. The molecule has 0 aromatic rings. The standard InChI is InChI=1S/C11H19O5P/c1-4-7-8-11(12)14-9-10-17(13,15-5-2)16-6-3/h1H,5-10H2,2-3H3. The number of rotatable bonds is 9. The lowest BCUT2D eigenvalue weighted by molar-refractivity contribution is -0.142. The predicted octanol–water partition coefficient (Wildman–Crippen LogP) is 2.21. The van der Waals surface area contributed by atoms with Gasteiger partial charge in [-0.05, 0) is 13.8 Å². The maximum atomic E-state index is 11.9. The molecule has 0 rings (SSSR count). The number of terminal acetylenes is 1. The summed E-state index contributed by atoms with van der Waals surface area (Å²) in [5.74, 6) is 1.94. The van der Waals surface area contributed by atoms with Gasteiger partial charge in [0.05, 0.1) is 25.8 Å². The van der Waals surface area contributed by atoms with E-state index in [1.807, 2.05) is 0 Å². The third-order valence-corrected chi connectivity index (χ3v) is 3.79. The normalized spacial score (nSPS) is 10.9. The molecule has 0 aliphatic rings. The van der Waals surface area contributed by atoms with E-state index in [-0.39, 0.29) is 19.2 Å². The van der Waals surface area contributed by atoms with E-state index < -0.39 is 13.6 Å². The van der Waals surface area contributed by atoms with E-state index in [2.05, 4.69) is 5.92 Å². The predicted molar refractivity (Wildman–Crippen MR) is 64.8 cm³/mol. The van der Waals surface area contributed by atoms with Crippen LogP contribution in [0.1, 0.15) is 26.7 Å². The molecule has 0 radical (unpaired) electrons. The van der Waals surface area contributed by atoms with Crippen molar-refractivity contribution in [3.05, 3.63) is 0 Å². The Kier molecular flexibility index (Phi) is 8.79. The van der Waals surface area contributed by atoms with Gasteiger partial charge in [0.15, 0.2) is 0 Å². The van der Waals surface area contributed by atoms with Crippen molar-refractivity contribution in [3.63, 3.8) is 0 Å². The van der Waals surface area contributed by atoms with Gasteiger partial charge in [-0.2, -0.15) is 0 Å². The summed E-state index contributed by atoms with van der Waals surface area (Å²) in [5, 5.41) is 0. The minimum atomic E-state index is -3.12. The van der Waals surface area contributed by atoms with Crippen LogP contribution in [0.5, 0.6) is 0 Å². The van der Waals surface area contributed by atoms with Gasteiger partial charge in [0.2, 0.25) is 0 Å². The monoisotopic (exact) mass is 262 g/mol. The minimum Gasteiger partial charge on any atom is -0.465 e. The smallest absolute Gasteiger partial charge is 0.334 e. The quantitative estimate of drug-likeness (QED) is 0.362. The van der Waals surface area contributed by atoms with Crippen LogP contribution in [0.2, 0.25) is 0 Å². The van der Waals surface area contributed by atoms with Gasteiger partial charge in [-0.1, -0.05) is 0 Å². The van der Waals surface area contributed by atoms with Gasteiger partial charge in [0.1, 0.15) is 6.61 Å². The molecule has 0 saturated carbocycles. The van der Waals surface area contributed by atoms with Crippen molar-refractivity contribution in [3.8, 4) is 12.3 Å². The Morgan fingerprint density at radius 3 is 2.35 bits per heavy atom. The molecule has 0 aromatic heterocycles. The molecule has 17 heavy (non-hydrogen) atoms. The molecule has 0 saturated heterocycles. The first-order valence-corrected chi connectivity index (χ1v) is 7.28. The SMILES string of the molecule is C#CCCC(=O)OCCP(=O)(OCC)OCC. The zero-order valence-corrected chi connectivity index (χ0v) is 11.2. The van der Waals surface area contributed by atoms with Crippen LogP contribution < -0.4 is 0 Å². The Balaban J connectivity index is 3.94. The maximum absolute atomic E-state index is 11.9. The van der Waals surface area contributed by atoms with Crippen LogP contribution in [0.3, 0.4) is 0 Å². The third-order valence-electron chi connectivity index (χ3n) is 1.75. The minimum absolute atomic E-state index is 0.0146. The van der Waals surface area contributed by atoms with Crippen molar-refractivity contribution in [2.45, 2.75) is 26.7 Å². The van der Waals surface area contributed by atoms with Gasteiger partial charge in [-0.15, -0.1) is 12.3 Å². The summed E-state index contributed by atoms with van der Waals surface area (Å²) in [5.41, 5.74) is 0. The molecule has 0 fully saturated rings. The van der Waals surface area contributed by atoms with Crippen LogP contribution >= 0.6 is 7.60 Å². The molecule has 0 aromatic carbocycles. The maximum Gasteiger partial charge on any atom is 0.334 e. The Bertz CT molecular complexity index is 297. The van der Waals surface area contributed by atoms with Crippen molar-refractivity contribution in [2.24, 2.45) is 0 Å². The molecule has 0 aliphatic heterocycles. The van der Waals surface area contributed by atoms with E-state index in [1.54, 1.807) is 13.8 Å². The molecular weight excluding hydrogens is 243 g/mol. The molecule has 98 valence electrons. The topological polar surface area (TPSA) is 61.8 Å². The lowest BCUT2D eigenvalue weighted by Crippen LogP contribution is -2.10. The fraction of sp³-hybridized carbons (Fsp3) is 0.727. The van der Waals surface area contributed by atoms with Gasteiger partial charge >= 0.3 is 13.6 Å². The molecule has 0 spiro atoms. The van der Waals surface area contributed by atoms with Crippen LogP contribution in [0.15, 0.2) is 0 Å². The Morgan fingerprint density at radius 2 is 1.88 bits per heavy atom. The zero-order chi connectivity index (χ0) is 13.1. The fourth-order valence-corrected chi connectivity index (χ4v) is 2.51. The van der Waals surface area contributed by atoms with Crippen molar-refractivity contribution in [1.29, 1.82) is 0 Å². The highest BCUT2D eigenvalue weighted by molar-refractivity contribution is 7.53. The number of esters is 1. The molecule has 0 amide bonds. The van der Waals surface area contributed by atoms with Crippen LogP contribution in [-0.4, -0.2) is 32.0 Å². The van der Waals surface area contributed by atoms with Crippen LogP contribution in [0, 0.1) is 12.3 Å². The number of hydrogen-bond donors (Lipinski definition) is 0. The first-order valence-electron chi connectivity index (χ1n) is 5.55. The van der Waals surface area contributed by atoms with E-state index in [1.165, 1.54) is 0 Å². The molecule has 0 unspecified atom stereocenters. The lowest BCUT2D eigenvalue weighted by Gasteiger charge is -2.16. The number of ether oxygens (including phenoxy) is 1. The van der Waals surface area contributed by atoms with E-state index >= 15 is 0 Å². The molecular formula is C11H19O5P. The zero-order valence-electron chi connectivity index (χ0n) is 10.3. The second-order valence-corrected chi connectivity index (χ2v) is 5.28. The summed E-state index contributed by atoms with van der Waals surface area (Å²) in [6.45, 7) is 4.06. The number of hydrogen-bond acceptors (Lipinski definition) is 5. The molecule has 0 N–H and O–H groups in total. The molecule has 0 atom stereocenters. The molecule has 0 bridgehead atoms. The average molecular weight is 262 g/mol. The van der Waals surface area contributed by atoms with Crippen molar-refractivity contribution >= 4 is 13.6 Å².